The van der Waals surface area contributed by atoms with E-state index in [9.17, 15) is 0 Å². The lowest BCUT2D eigenvalue weighted by molar-refractivity contribution is 1.26. The van der Waals surface area contributed by atoms with Gasteiger partial charge in [0.05, 0.1) is 9.48 Å². The van der Waals surface area contributed by atoms with Crippen LogP contribution in [-0.4, -0.2) is 4.98 Å². The molecule has 0 bridgehead atoms. The van der Waals surface area contributed by atoms with Gasteiger partial charge in [-0.3, -0.25) is 0 Å². The average Bonchev–Trinajstić information content (AvgIpc) is 2.80. The number of nitrogens with zero attached hydrogens (tertiary/aromatic N) is 1. The molecule has 0 spiro atoms. The number of rotatable bonds is 2. The van der Waals surface area contributed by atoms with Crippen LogP contribution in [-0.2, 0) is 0 Å². The van der Waals surface area contributed by atoms with E-state index in [2.05, 4.69) is 69.4 Å². The predicted octanol–water partition coefficient (Wildman–Crippen LogP) is 5.55. The van der Waals surface area contributed by atoms with Gasteiger partial charge in [-0.2, -0.15) is 0 Å². The fourth-order valence-corrected chi connectivity index (χ4v) is 3.29. The molecule has 0 saturated carbocycles. The summed E-state index contributed by atoms with van der Waals surface area (Å²) >= 11 is 5.20. The molecule has 0 N–H and O–H groups in total. The summed E-state index contributed by atoms with van der Waals surface area (Å²) < 4.78 is 1.11. The summed E-state index contributed by atoms with van der Waals surface area (Å²) in [5.41, 5.74) is 4.69. The third-order valence-corrected chi connectivity index (χ3v) is 5.03. The van der Waals surface area contributed by atoms with Gasteiger partial charge >= 0.3 is 0 Å². The highest BCUT2D eigenvalue weighted by Crippen LogP contribution is 2.32. The molecule has 2 aromatic carbocycles. The van der Waals surface area contributed by atoms with Crippen molar-refractivity contribution in [2.45, 2.75) is 6.92 Å². The van der Waals surface area contributed by atoms with Gasteiger partial charge in [-0.1, -0.05) is 54.6 Å². The molecule has 1 heterocycles. The van der Waals surface area contributed by atoms with Gasteiger partial charge in [-0.05, 0) is 34.0 Å². The van der Waals surface area contributed by atoms with Crippen molar-refractivity contribution in [1.82, 2.24) is 4.98 Å². The number of aromatic nitrogens is 1. The number of hydrogen-bond acceptors (Lipinski definition) is 2. The summed E-state index contributed by atoms with van der Waals surface area (Å²) in [5, 5.41) is 1.06. The number of halogens is 1. The van der Waals surface area contributed by atoms with Crippen LogP contribution in [0.3, 0.4) is 0 Å². The Morgan fingerprint density at radius 1 is 0.842 bits per heavy atom. The zero-order valence-electron chi connectivity index (χ0n) is 10.4. The van der Waals surface area contributed by atoms with Gasteiger partial charge in [0.15, 0.2) is 0 Å². The molecule has 3 rings (SSSR count). The molecular formula is C16H12BrNS. The van der Waals surface area contributed by atoms with E-state index in [1.807, 2.05) is 13.0 Å². The minimum atomic E-state index is 1.05. The molecule has 1 aromatic heterocycles. The summed E-state index contributed by atoms with van der Waals surface area (Å²) in [6.45, 7) is 2.02. The van der Waals surface area contributed by atoms with Crippen molar-refractivity contribution in [1.29, 1.82) is 0 Å². The van der Waals surface area contributed by atoms with Crippen LogP contribution in [0.2, 0.25) is 0 Å². The van der Waals surface area contributed by atoms with E-state index in [1.54, 1.807) is 11.3 Å². The van der Waals surface area contributed by atoms with Crippen LogP contribution in [0.15, 0.2) is 58.4 Å². The van der Waals surface area contributed by atoms with Gasteiger partial charge in [0, 0.05) is 5.56 Å². The van der Waals surface area contributed by atoms with Crippen LogP contribution in [0, 0.1) is 6.92 Å². The van der Waals surface area contributed by atoms with Gasteiger partial charge in [-0.15, -0.1) is 11.3 Å². The largest absolute Gasteiger partial charge is 0.240 e. The lowest BCUT2D eigenvalue weighted by Gasteiger charge is -2.02. The Bertz CT molecular complexity index is 667. The van der Waals surface area contributed by atoms with Gasteiger partial charge in [0.1, 0.15) is 5.01 Å². The highest BCUT2D eigenvalue weighted by molar-refractivity contribution is 9.11. The summed E-state index contributed by atoms with van der Waals surface area (Å²) in [4.78, 5) is 4.55. The minimum absolute atomic E-state index is 1.05. The molecule has 0 aliphatic heterocycles. The third-order valence-electron chi connectivity index (χ3n) is 2.98. The fourth-order valence-electron chi connectivity index (χ4n) is 1.94. The smallest absolute Gasteiger partial charge is 0.124 e. The number of thiazole rings is 1. The first-order chi connectivity index (χ1) is 9.24. The summed E-state index contributed by atoms with van der Waals surface area (Å²) in [5.74, 6) is 0. The molecule has 3 heteroatoms. The lowest BCUT2D eigenvalue weighted by atomic mass is 10.0. The Kier molecular flexibility index (Phi) is 3.49. The van der Waals surface area contributed by atoms with Crippen LogP contribution >= 0.6 is 27.3 Å². The zero-order chi connectivity index (χ0) is 13.2. The van der Waals surface area contributed by atoms with Crippen molar-refractivity contribution in [2.75, 3.05) is 0 Å². The van der Waals surface area contributed by atoms with Gasteiger partial charge in [0.2, 0.25) is 0 Å². The highest BCUT2D eigenvalue weighted by atomic mass is 79.9. The van der Waals surface area contributed by atoms with Crippen LogP contribution in [0.25, 0.3) is 21.7 Å². The van der Waals surface area contributed by atoms with Gasteiger partial charge < -0.3 is 0 Å². The van der Waals surface area contributed by atoms with E-state index in [1.165, 1.54) is 16.7 Å². The number of benzene rings is 2. The first kappa shape index (κ1) is 12.6. The van der Waals surface area contributed by atoms with Crippen LogP contribution in [0.5, 0.6) is 0 Å². The van der Waals surface area contributed by atoms with Crippen LogP contribution in [0.4, 0.5) is 0 Å². The molecule has 0 fully saturated rings. The first-order valence-electron chi connectivity index (χ1n) is 6.03. The molecule has 0 unspecified atom stereocenters. The molecular weight excluding hydrogens is 318 g/mol. The molecule has 0 amide bonds. The van der Waals surface area contributed by atoms with E-state index < -0.39 is 0 Å². The molecule has 1 nitrogen and oxygen atoms in total. The highest BCUT2D eigenvalue weighted by Gasteiger charge is 2.07. The van der Waals surface area contributed by atoms with Crippen molar-refractivity contribution in [2.24, 2.45) is 0 Å². The summed E-state index contributed by atoms with van der Waals surface area (Å²) in [6.07, 6.45) is 0. The van der Waals surface area contributed by atoms with E-state index in [0.717, 1.165) is 14.5 Å². The second kappa shape index (κ2) is 5.27. The summed E-state index contributed by atoms with van der Waals surface area (Å²) in [7, 11) is 0. The number of aryl methyl sites for hydroxylation is 1. The monoisotopic (exact) mass is 329 g/mol. The van der Waals surface area contributed by atoms with Crippen molar-refractivity contribution in [3.63, 3.8) is 0 Å². The fraction of sp³-hybridized carbons (Fsp3) is 0.0625. The average molecular weight is 330 g/mol. The van der Waals surface area contributed by atoms with E-state index in [0.29, 0.717) is 0 Å². The Labute approximate surface area is 125 Å². The topological polar surface area (TPSA) is 12.9 Å². The molecule has 0 aliphatic carbocycles. The summed E-state index contributed by atoms with van der Waals surface area (Å²) in [6, 6.07) is 19.0. The Hall–Kier alpha value is -1.45. The maximum atomic E-state index is 4.55. The van der Waals surface area contributed by atoms with E-state index >= 15 is 0 Å². The molecule has 0 atom stereocenters. The molecule has 19 heavy (non-hydrogen) atoms. The molecule has 3 aromatic rings. The van der Waals surface area contributed by atoms with Gasteiger partial charge in [0.25, 0.3) is 0 Å². The second-order valence-corrected chi connectivity index (χ2v) is 6.64. The molecule has 0 aliphatic rings. The van der Waals surface area contributed by atoms with E-state index in [-0.39, 0.29) is 0 Å². The maximum absolute atomic E-state index is 4.55. The van der Waals surface area contributed by atoms with Crippen molar-refractivity contribution < 1.29 is 0 Å². The van der Waals surface area contributed by atoms with Crippen LogP contribution < -0.4 is 0 Å². The quantitative estimate of drug-likeness (QED) is 0.600. The van der Waals surface area contributed by atoms with Gasteiger partial charge in [-0.25, -0.2) is 4.98 Å². The normalized spacial score (nSPS) is 10.6. The molecule has 0 saturated heterocycles. The second-order valence-electron chi connectivity index (χ2n) is 4.32. The SMILES string of the molecule is Cc1nc(-c2ccc(-c3ccccc3)cc2)sc1Br. The van der Waals surface area contributed by atoms with Crippen LogP contribution in [0.1, 0.15) is 5.69 Å². The van der Waals surface area contributed by atoms with Crippen molar-refractivity contribution >= 4 is 27.3 Å². The Morgan fingerprint density at radius 3 is 2.00 bits per heavy atom. The van der Waals surface area contributed by atoms with Crippen molar-refractivity contribution in [3.8, 4) is 21.7 Å². The molecule has 0 radical (unpaired) electrons. The Morgan fingerprint density at radius 2 is 1.42 bits per heavy atom. The van der Waals surface area contributed by atoms with Crippen molar-refractivity contribution in [3.05, 3.63) is 64.1 Å². The number of hydrogen-bond donors (Lipinski definition) is 0. The Balaban J connectivity index is 1.95. The predicted molar refractivity (Wildman–Crippen MR) is 85.4 cm³/mol. The standard InChI is InChI=1S/C16H12BrNS/c1-11-15(17)19-16(18-11)14-9-7-13(8-10-14)12-5-3-2-4-6-12/h2-10H,1H3. The lowest BCUT2D eigenvalue weighted by Crippen LogP contribution is -1.79. The zero-order valence-corrected chi connectivity index (χ0v) is 12.8. The third kappa shape index (κ3) is 2.62. The molecule has 94 valence electrons. The first-order valence-corrected chi connectivity index (χ1v) is 7.64. The minimum Gasteiger partial charge on any atom is -0.240 e. The van der Waals surface area contributed by atoms with E-state index in [4.69, 9.17) is 0 Å². The maximum Gasteiger partial charge on any atom is 0.124 e.